The predicted molar refractivity (Wildman–Crippen MR) is 81.1 cm³/mol. The summed E-state index contributed by atoms with van der Waals surface area (Å²) in [7, 11) is 1.60. The molecule has 2 aromatic rings. The Morgan fingerprint density at radius 1 is 1.14 bits per heavy atom. The number of Topliss-reactive ketones (excluding diaryl/α,β-unsaturated/α-hetero) is 1. The van der Waals surface area contributed by atoms with Crippen LogP contribution in [-0.4, -0.2) is 23.6 Å². The number of nitrogens with zero attached hydrogens (tertiary/aromatic N) is 1. The average Bonchev–Trinajstić information content (AvgIpc) is 2.53. The van der Waals surface area contributed by atoms with E-state index in [-0.39, 0.29) is 17.2 Å². The number of hydrogen-bond donors (Lipinski definition) is 0. The molecule has 0 spiro atoms. The standard InChI is InChI=1S/C15H13NO4S/c1-20-13-6-8-14(9-7-13)21-10-15(17)11-2-4-12(5-3-11)16(18)19/h2-9H,10H2,1H3. The van der Waals surface area contributed by atoms with Gasteiger partial charge < -0.3 is 4.74 Å². The highest BCUT2D eigenvalue weighted by Gasteiger charge is 2.10. The monoisotopic (exact) mass is 303 g/mol. The zero-order chi connectivity index (χ0) is 15.2. The fourth-order valence-corrected chi connectivity index (χ4v) is 2.47. The topological polar surface area (TPSA) is 69.4 Å². The maximum absolute atomic E-state index is 12.0. The minimum atomic E-state index is -0.486. The number of ketones is 1. The van der Waals surface area contributed by atoms with Crippen LogP contribution in [-0.2, 0) is 0 Å². The Bertz CT molecular complexity index is 638. The van der Waals surface area contributed by atoms with Crippen molar-refractivity contribution in [3.63, 3.8) is 0 Å². The number of nitro groups is 1. The van der Waals surface area contributed by atoms with E-state index in [4.69, 9.17) is 4.74 Å². The number of thioether (sulfide) groups is 1. The SMILES string of the molecule is COc1ccc(SCC(=O)c2ccc([N+](=O)[O-])cc2)cc1. The molecular weight excluding hydrogens is 290 g/mol. The maximum atomic E-state index is 12.0. The molecule has 0 amide bonds. The molecule has 0 N–H and O–H groups in total. The van der Waals surface area contributed by atoms with Crippen molar-refractivity contribution >= 4 is 23.2 Å². The molecule has 0 aliphatic heterocycles. The van der Waals surface area contributed by atoms with Gasteiger partial charge >= 0.3 is 0 Å². The number of methoxy groups -OCH3 is 1. The Labute approximate surface area is 126 Å². The van der Waals surface area contributed by atoms with Crippen LogP contribution in [0, 0.1) is 10.1 Å². The molecular formula is C15H13NO4S. The van der Waals surface area contributed by atoms with Crippen LogP contribution in [0.3, 0.4) is 0 Å². The van der Waals surface area contributed by atoms with Crippen LogP contribution in [0.15, 0.2) is 53.4 Å². The van der Waals surface area contributed by atoms with Gasteiger partial charge in [0.2, 0.25) is 0 Å². The highest BCUT2D eigenvalue weighted by molar-refractivity contribution is 8.00. The number of benzene rings is 2. The number of carbonyl (C=O) groups is 1. The second-order valence-electron chi connectivity index (χ2n) is 4.19. The van der Waals surface area contributed by atoms with Crippen molar-refractivity contribution in [2.45, 2.75) is 4.90 Å². The van der Waals surface area contributed by atoms with Crippen LogP contribution in [0.5, 0.6) is 5.75 Å². The van der Waals surface area contributed by atoms with Gasteiger partial charge in [-0.3, -0.25) is 14.9 Å². The van der Waals surface area contributed by atoms with Crippen molar-refractivity contribution in [2.75, 3.05) is 12.9 Å². The lowest BCUT2D eigenvalue weighted by atomic mass is 10.1. The molecule has 2 rings (SSSR count). The summed E-state index contributed by atoms with van der Waals surface area (Å²) >= 11 is 1.41. The molecule has 0 aromatic heterocycles. The fourth-order valence-electron chi connectivity index (χ4n) is 1.67. The Kier molecular flexibility index (Phi) is 4.94. The molecule has 6 heteroatoms. The predicted octanol–water partition coefficient (Wildman–Crippen LogP) is 3.58. The van der Waals surface area contributed by atoms with Crippen LogP contribution in [0.2, 0.25) is 0 Å². The number of nitro benzene ring substituents is 1. The molecule has 0 aliphatic carbocycles. The third-order valence-corrected chi connectivity index (χ3v) is 3.84. The van der Waals surface area contributed by atoms with Gasteiger partial charge in [0, 0.05) is 22.6 Å². The van der Waals surface area contributed by atoms with E-state index in [1.165, 1.54) is 36.0 Å². The highest BCUT2D eigenvalue weighted by atomic mass is 32.2. The number of hydrogen-bond acceptors (Lipinski definition) is 5. The van der Waals surface area contributed by atoms with E-state index in [0.717, 1.165) is 10.6 Å². The third kappa shape index (κ3) is 4.06. The summed E-state index contributed by atoms with van der Waals surface area (Å²) < 4.78 is 5.06. The lowest BCUT2D eigenvalue weighted by Gasteiger charge is -2.03. The summed E-state index contributed by atoms with van der Waals surface area (Å²) in [6, 6.07) is 13.1. The quantitative estimate of drug-likeness (QED) is 0.353. The van der Waals surface area contributed by atoms with Gasteiger partial charge in [-0.05, 0) is 36.4 Å². The number of ether oxygens (including phenoxy) is 1. The zero-order valence-electron chi connectivity index (χ0n) is 11.3. The average molecular weight is 303 g/mol. The summed E-state index contributed by atoms with van der Waals surface area (Å²) in [6.07, 6.45) is 0. The van der Waals surface area contributed by atoms with E-state index >= 15 is 0 Å². The minimum absolute atomic E-state index is 0.0191. The van der Waals surface area contributed by atoms with Gasteiger partial charge in [-0.15, -0.1) is 11.8 Å². The summed E-state index contributed by atoms with van der Waals surface area (Å²) in [5.74, 6) is 0.983. The van der Waals surface area contributed by atoms with E-state index in [0.29, 0.717) is 5.56 Å². The molecule has 2 aromatic carbocycles. The van der Waals surface area contributed by atoms with Crippen LogP contribution in [0.4, 0.5) is 5.69 Å². The van der Waals surface area contributed by atoms with Crippen LogP contribution in [0.25, 0.3) is 0 Å². The van der Waals surface area contributed by atoms with Gasteiger partial charge in [-0.1, -0.05) is 0 Å². The number of rotatable bonds is 6. The van der Waals surface area contributed by atoms with Gasteiger partial charge in [0.25, 0.3) is 5.69 Å². The molecule has 108 valence electrons. The van der Waals surface area contributed by atoms with Crippen molar-refractivity contribution in [3.05, 3.63) is 64.2 Å². The van der Waals surface area contributed by atoms with Crippen molar-refractivity contribution in [3.8, 4) is 5.75 Å². The maximum Gasteiger partial charge on any atom is 0.269 e. The van der Waals surface area contributed by atoms with Crippen molar-refractivity contribution < 1.29 is 14.5 Å². The first kappa shape index (κ1) is 15.1. The number of carbonyl (C=O) groups excluding carboxylic acids is 1. The van der Waals surface area contributed by atoms with Gasteiger partial charge in [-0.25, -0.2) is 0 Å². The summed E-state index contributed by atoms with van der Waals surface area (Å²) in [4.78, 5) is 23.0. The summed E-state index contributed by atoms with van der Waals surface area (Å²) in [5.41, 5.74) is 0.455. The first-order valence-corrected chi connectivity index (χ1v) is 7.13. The van der Waals surface area contributed by atoms with Gasteiger partial charge in [0.05, 0.1) is 17.8 Å². The first-order chi connectivity index (χ1) is 10.1. The second-order valence-corrected chi connectivity index (χ2v) is 5.24. The normalized spacial score (nSPS) is 10.1. The van der Waals surface area contributed by atoms with Crippen LogP contribution < -0.4 is 4.74 Å². The molecule has 0 aliphatic rings. The zero-order valence-corrected chi connectivity index (χ0v) is 12.1. The smallest absolute Gasteiger partial charge is 0.269 e. The third-order valence-electron chi connectivity index (χ3n) is 2.83. The molecule has 0 fully saturated rings. The van der Waals surface area contributed by atoms with Gasteiger partial charge in [0.15, 0.2) is 5.78 Å². The molecule has 0 saturated carbocycles. The largest absolute Gasteiger partial charge is 0.497 e. The molecule has 0 saturated heterocycles. The molecule has 5 nitrogen and oxygen atoms in total. The second kappa shape index (κ2) is 6.90. The van der Waals surface area contributed by atoms with Crippen molar-refractivity contribution in [1.82, 2.24) is 0 Å². The molecule has 0 bridgehead atoms. The van der Waals surface area contributed by atoms with E-state index in [1.807, 2.05) is 24.3 Å². The molecule has 0 unspecified atom stereocenters. The highest BCUT2D eigenvalue weighted by Crippen LogP contribution is 2.22. The Morgan fingerprint density at radius 3 is 2.29 bits per heavy atom. The molecule has 0 atom stereocenters. The summed E-state index contributed by atoms with van der Waals surface area (Å²) in [5, 5.41) is 10.6. The first-order valence-electron chi connectivity index (χ1n) is 6.14. The van der Waals surface area contributed by atoms with Gasteiger partial charge in [0.1, 0.15) is 5.75 Å². The van der Waals surface area contributed by atoms with Gasteiger partial charge in [-0.2, -0.15) is 0 Å². The Hall–Kier alpha value is -2.34. The van der Waals surface area contributed by atoms with E-state index in [2.05, 4.69) is 0 Å². The Balaban J connectivity index is 1.95. The van der Waals surface area contributed by atoms with E-state index in [9.17, 15) is 14.9 Å². The fraction of sp³-hybridized carbons (Fsp3) is 0.133. The lowest BCUT2D eigenvalue weighted by Crippen LogP contribution is -2.02. The van der Waals surface area contributed by atoms with Crippen LogP contribution in [0.1, 0.15) is 10.4 Å². The molecule has 21 heavy (non-hydrogen) atoms. The van der Waals surface area contributed by atoms with E-state index < -0.39 is 4.92 Å². The molecule has 0 radical (unpaired) electrons. The number of non-ortho nitro benzene ring substituents is 1. The van der Waals surface area contributed by atoms with Crippen LogP contribution >= 0.6 is 11.8 Å². The summed E-state index contributed by atoms with van der Waals surface area (Å²) in [6.45, 7) is 0. The van der Waals surface area contributed by atoms with Crippen molar-refractivity contribution in [1.29, 1.82) is 0 Å². The van der Waals surface area contributed by atoms with E-state index in [1.54, 1.807) is 7.11 Å². The Morgan fingerprint density at radius 2 is 1.76 bits per heavy atom. The lowest BCUT2D eigenvalue weighted by molar-refractivity contribution is -0.384. The minimum Gasteiger partial charge on any atom is -0.497 e. The molecule has 0 heterocycles. The van der Waals surface area contributed by atoms with Crippen molar-refractivity contribution in [2.24, 2.45) is 0 Å².